The van der Waals surface area contributed by atoms with Gasteiger partial charge in [0.15, 0.2) is 6.23 Å². The molecular weight excluding hydrogens is 308 g/mol. The Labute approximate surface area is 139 Å². The lowest BCUT2D eigenvalue weighted by Gasteiger charge is -2.07. The summed E-state index contributed by atoms with van der Waals surface area (Å²) in [6, 6.07) is 15.1. The molecular formula is C17H18N4O3. The standard InChI is InChI=1S/C17H18N4O3/c1-12(22)21-19-17(18-20-21)14-5-9-16(10-6-14)24-11-13-3-7-15(23-2)8-4-13/h3-10,12,22H,11H2,1-2H3. The van der Waals surface area contributed by atoms with Gasteiger partial charge in [0, 0.05) is 5.56 Å². The van der Waals surface area contributed by atoms with Gasteiger partial charge >= 0.3 is 0 Å². The number of aromatic nitrogens is 4. The van der Waals surface area contributed by atoms with E-state index in [1.807, 2.05) is 48.5 Å². The van der Waals surface area contributed by atoms with Gasteiger partial charge in [-0.3, -0.25) is 0 Å². The molecule has 1 atom stereocenters. The first kappa shape index (κ1) is 15.9. The Morgan fingerprint density at radius 3 is 2.29 bits per heavy atom. The summed E-state index contributed by atoms with van der Waals surface area (Å²) in [4.78, 5) is 1.16. The highest BCUT2D eigenvalue weighted by Gasteiger charge is 2.08. The summed E-state index contributed by atoms with van der Waals surface area (Å²) in [5, 5.41) is 21.2. The van der Waals surface area contributed by atoms with Gasteiger partial charge in [-0.1, -0.05) is 12.1 Å². The zero-order valence-corrected chi connectivity index (χ0v) is 13.5. The minimum Gasteiger partial charge on any atom is -0.497 e. The maximum absolute atomic E-state index is 9.41. The van der Waals surface area contributed by atoms with Crippen molar-refractivity contribution in [1.29, 1.82) is 0 Å². The topological polar surface area (TPSA) is 82.3 Å². The van der Waals surface area contributed by atoms with Gasteiger partial charge in [0.2, 0.25) is 5.82 Å². The van der Waals surface area contributed by atoms with Crippen LogP contribution in [-0.4, -0.2) is 32.4 Å². The molecule has 0 saturated carbocycles. The second kappa shape index (κ2) is 7.10. The van der Waals surface area contributed by atoms with Crippen molar-refractivity contribution in [2.75, 3.05) is 7.11 Å². The van der Waals surface area contributed by atoms with Crippen molar-refractivity contribution in [3.63, 3.8) is 0 Å². The van der Waals surface area contributed by atoms with E-state index in [0.717, 1.165) is 27.4 Å². The lowest BCUT2D eigenvalue weighted by Crippen LogP contribution is -2.07. The second-order valence-corrected chi connectivity index (χ2v) is 5.23. The fraction of sp³-hybridized carbons (Fsp3) is 0.235. The van der Waals surface area contributed by atoms with Crippen LogP contribution in [0.15, 0.2) is 48.5 Å². The highest BCUT2D eigenvalue weighted by Crippen LogP contribution is 2.20. The highest BCUT2D eigenvalue weighted by atomic mass is 16.5. The summed E-state index contributed by atoms with van der Waals surface area (Å²) in [5.41, 5.74) is 1.86. The molecule has 0 fully saturated rings. The van der Waals surface area contributed by atoms with E-state index in [0.29, 0.717) is 12.4 Å². The van der Waals surface area contributed by atoms with Crippen LogP contribution < -0.4 is 9.47 Å². The zero-order chi connectivity index (χ0) is 16.9. The van der Waals surface area contributed by atoms with E-state index in [-0.39, 0.29) is 0 Å². The van der Waals surface area contributed by atoms with Crippen LogP contribution in [0.4, 0.5) is 0 Å². The average Bonchev–Trinajstić information content (AvgIpc) is 3.11. The van der Waals surface area contributed by atoms with Crippen molar-refractivity contribution in [3.8, 4) is 22.9 Å². The predicted molar refractivity (Wildman–Crippen MR) is 87.5 cm³/mol. The number of nitrogens with zero attached hydrogens (tertiary/aromatic N) is 4. The van der Waals surface area contributed by atoms with Crippen molar-refractivity contribution in [1.82, 2.24) is 20.2 Å². The van der Waals surface area contributed by atoms with Crippen LogP contribution in [0.1, 0.15) is 18.7 Å². The zero-order valence-electron chi connectivity index (χ0n) is 13.5. The van der Waals surface area contributed by atoms with Crippen LogP contribution in [-0.2, 0) is 6.61 Å². The third kappa shape index (κ3) is 3.69. The Kier molecular flexibility index (Phi) is 4.72. The largest absolute Gasteiger partial charge is 0.497 e. The summed E-state index contributed by atoms with van der Waals surface area (Å²) in [6.45, 7) is 2.04. The highest BCUT2D eigenvalue weighted by molar-refractivity contribution is 5.55. The van der Waals surface area contributed by atoms with Gasteiger partial charge in [-0.15, -0.1) is 15.0 Å². The Morgan fingerprint density at radius 1 is 1.04 bits per heavy atom. The van der Waals surface area contributed by atoms with E-state index in [9.17, 15) is 5.11 Å². The molecule has 0 amide bonds. The van der Waals surface area contributed by atoms with Gasteiger partial charge in [-0.2, -0.15) is 0 Å². The van der Waals surface area contributed by atoms with E-state index in [1.54, 1.807) is 14.0 Å². The van der Waals surface area contributed by atoms with E-state index in [2.05, 4.69) is 15.4 Å². The van der Waals surface area contributed by atoms with Gasteiger partial charge in [0.25, 0.3) is 0 Å². The smallest absolute Gasteiger partial charge is 0.205 e. The number of tetrazole rings is 1. The first-order valence-electron chi connectivity index (χ1n) is 7.49. The molecule has 2 aromatic carbocycles. The quantitative estimate of drug-likeness (QED) is 0.749. The molecule has 24 heavy (non-hydrogen) atoms. The molecule has 1 heterocycles. The SMILES string of the molecule is COc1ccc(COc2ccc(-c3nnn(C(C)O)n3)cc2)cc1. The molecule has 0 bridgehead atoms. The van der Waals surface area contributed by atoms with Gasteiger partial charge in [0.05, 0.1) is 7.11 Å². The number of benzene rings is 2. The van der Waals surface area contributed by atoms with Crippen LogP contribution in [0, 0.1) is 0 Å². The fourth-order valence-electron chi connectivity index (χ4n) is 2.09. The maximum atomic E-state index is 9.41. The lowest BCUT2D eigenvalue weighted by molar-refractivity contribution is 0.0930. The first-order valence-corrected chi connectivity index (χ1v) is 7.49. The molecule has 0 aliphatic carbocycles. The Morgan fingerprint density at radius 2 is 1.71 bits per heavy atom. The normalized spacial score (nSPS) is 12.0. The summed E-state index contributed by atoms with van der Waals surface area (Å²) in [6.07, 6.45) is -0.807. The van der Waals surface area contributed by atoms with Crippen LogP contribution >= 0.6 is 0 Å². The number of aliphatic hydroxyl groups excluding tert-OH is 1. The van der Waals surface area contributed by atoms with Crippen molar-refractivity contribution in [3.05, 3.63) is 54.1 Å². The molecule has 0 radical (unpaired) electrons. The van der Waals surface area contributed by atoms with Gasteiger partial charge in [-0.25, -0.2) is 0 Å². The van der Waals surface area contributed by atoms with E-state index >= 15 is 0 Å². The number of rotatable bonds is 6. The average molecular weight is 326 g/mol. The fourth-order valence-corrected chi connectivity index (χ4v) is 2.09. The molecule has 7 heteroatoms. The Hall–Kier alpha value is -2.93. The molecule has 3 rings (SSSR count). The van der Waals surface area contributed by atoms with Crippen molar-refractivity contribution < 1.29 is 14.6 Å². The van der Waals surface area contributed by atoms with Crippen LogP contribution in [0.5, 0.6) is 11.5 Å². The molecule has 0 spiro atoms. The number of ether oxygens (including phenoxy) is 2. The number of hydrogen-bond acceptors (Lipinski definition) is 6. The molecule has 0 saturated heterocycles. The van der Waals surface area contributed by atoms with Gasteiger partial charge < -0.3 is 14.6 Å². The van der Waals surface area contributed by atoms with Gasteiger partial charge in [-0.05, 0) is 54.1 Å². The van der Waals surface area contributed by atoms with Gasteiger partial charge in [0.1, 0.15) is 18.1 Å². The van der Waals surface area contributed by atoms with Crippen molar-refractivity contribution >= 4 is 0 Å². The molecule has 7 nitrogen and oxygen atoms in total. The van der Waals surface area contributed by atoms with E-state index in [4.69, 9.17) is 9.47 Å². The minimum absolute atomic E-state index is 0.456. The molecule has 1 aromatic heterocycles. The first-order chi connectivity index (χ1) is 11.7. The molecule has 1 N–H and O–H groups in total. The Balaban J connectivity index is 1.63. The molecule has 124 valence electrons. The second-order valence-electron chi connectivity index (χ2n) is 5.23. The molecule has 1 unspecified atom stereocenters. The van der Waals surface area contributed by atoms with E-state index in [1.165, 1.54) is 0 Å². The predicted octanol–water partition coefficient (Wildman–Crippen LogP) is 2.44. The third-order valence-electron chi connectivity index (χ3n) is 3.44. The summed E-state index contributed by atoms with van der Waals surface area (Å²) < 4.78 is 10.9. The Bertz CT molecular complexity index is 782. The van der Waals surface area contributed by atoms with Crippen LogP contribution in [0.25, 0.3) is 11.4 Å². The summed E-state index contributed by atoms with van der Waals surface area (Å²) >= 11 is 0. The van der Waals surface area contributed by atoms with Crippen molar-refractivity contribution in [2.24, 2.45) is 0 Å². The third-order valence-corrected chi connectivity index (χ3v) is 3.44. The summed E-state index contributed by atoms with van der Waals surface area (Å²) in [5.74, 6) is 2.02. The van der Waals surface area contributed by atoms with Crippen LogP contribution in [0.3, 0.4) is 0 Å². The number of hydrogen-bond donors (Lipinski definition) is 1. The molecule has 0 aliphatic heterocycles. The monoisotopic (exact) mass is 326 g/mol. The minimum atomic E-state index is -0.807. The summed E-state index contributed by atoms with van der Waals surface area (Å²) in [7, 11) is 1.64. The lowest BCUT2D eigenvalue weighted by atomic mass is 10.2. The van der Waals surface area contributed by atoms with Crippen LogP contribution in [0.2, 0.25) is 0 Å². The van der Waals surface area contributed by atoms with E-state index < -0.39 is 6.23 Å². The molecule has 3 aromatic rings. The maximum Gasteiger partial charge on any atom is 0.205 e. The number of methoxy groups -OCH3 is 1. The van der Waals surface area contributed by atoms with Crippen molar-refractivity contribution in [2.45, 2.75) is 19.8 Å². The number of aliphatic hydroxyl groups is 1. The molecule has 0 aliphatic rings.